The van der Waals surface area contributed by atoms with E-state index in [1.165, 1.54) is 17.7 Å². The van der Waals surface area contributed by atoms with Crippen molar-refractivity contribution >= 4 is 5.91 Å². The summed E-state index contributed by atoms with van der Waals surface area (Å²) in [5.74, 6) is -0.346. The highest BCUT2D eigenvalue weighted by Gasteiger charge is 2.28. The Balaban J connectivity index is 1.75. The van der Waals surface area contributed by atoms with Gasteiger partial charge in [-0.05, 0) is 48.6 Å². The lowest BCUT2D eigenvalue weighted by Crippen LogP contribution is -2.38. The molecule has 0 bridgehead atoms. The van der Waals surface area contributed by atoms with Crippen LogP contribution >= 0.6 is 0 Å². The van der Waals surface area contributed by atoms with Crippen LogP contribution in [0.25, 0.3) is 0 Å². The van der Waals surface area contributed by atoms with Crippen molar-refractivity contribution in [1.82, 2.24) is 10.6 Å². The molecular weight excluding hydrogens is 291 g/mol. The zero-order valence-corrected chi connectivity index (χ0v) is 13.2. The van der Waals surface area contributed by atoms with E-state index in [9.17, 15) is 9.18 Å². The Kier molecular flexibility index (Phi) is 4.72. The van der Waals surface area contributed by atoms with Gasteiger partial charge in [0.1, 0.15) is 11.9 Å². The monoisotopic (exact) mass is 312 g/mol. The molecule has 1 atom stereocenters. The van der Waals surface area contributed by atoms with Crippen LogP contribution in [0.2, 0.25) is 0 Å². The smallest absolute Gasteiger partial charge is 0.241 e. The number of aryl methyl sites for hydroxylation is 1. The second-order valence-electron chi connectivity index (χ2n) is 6.07. The number of halogens is 1. The van der Waals surface area contributed by atoms with Crippen molar-refractivity contribution < 1.29 is 9.18 Å². The van der Waals surface area contributed by atoms with Gasteiger partial charge >= 0.3 is 0 Å². The summed E-state index contributed by atoms with van der Waals surface area (Å²) in [6, 6.07) is 14.0. The van der Waals surface area contributed by atoms with Gasteiger partial charge in [0.2, 0.25) is 5.91 Å². The van der Waals surface area contributed by atoms with E-state index in [2.05, 4.69) is 10.6 Å². The van der Waals surface area contributed by atoms with Gasteiger partial charge in [-0.15, -0.1) is 0 Å². The number of amides is 1. The van der Waals surface area contributed by atoms with E-state index in [-0.39, 0.29) is 11.7 Å². The molecule has 3 nitrogen and oxygen atoms in total. The fraction of sp³-hybridized carbons (Fsp3) is 0.316. The first-order chi connectivity index (χ1) is 11.1. The fourth-order valence-electron chi connectivity index (χ4n) is 2.55. The highest BCUT2D eigenvalue weighted by Crippen LogP contribution is 2.22. The molecule has 1 saturated carbocycles. The van der Waals surface area contributed by atoms with E-state index < -0.39 is 6.04 Å². The van der Waals surface area contributed by atoms with E-state index in [0.717, 1.165) is 24.0 Å². The zero-order valence-electron chi connectivity index (χ0n) is 13.2. The molecule has 0 radical (unpaired) electrons. The topological polar surface area (TPSA) is 41.1 Å². The number of hydrogen-bond acceptors (Lipinski definition) is 2. The van der Waals surface area contributed by atoms with Crippen molar-refractivity contribution in [2.75, 3.05) is 0 Å². The molecule has 1 aliphatic carbocycles. The normalized spacial score (nSPS) is 15.2. The lowest BCUT2D eigenvalue weighted by atomic mass is 10.0. The Morgan fingerprint density at radius 3 is 2.52 bits per heavy atom. The molecule has 0 unspecified atom stereocenters. The summed E-state index contributed by atoms with van der Waals surface area (Å²) in [6.45, 7) is 2.64. The van der Waals surface area contributed by atoms with Crippen molar-refractivity contribution in [3.63, 3.8) is 0 Å². The fourth-order valence-corrected chi connectivity index (χ4v) is 2.55. The largest absolute Gasteiger partial charge is 0.352 e. The molecule has 4 heteroatoms. The summed E-state index contributed by atoms with van der Waals surface area (Å²) < 4.78 is 13.2. The van der Waals surface area contributed by atoms with E-state index in [4.69, 9.17) is 0 Å². The first kappa shape index (κ1) is 15.7. The molecule has 3 rings (SSSR count). The second kappa shape index (κ2) is 6.92. The van der Waals surface area contributed by atoms with Gasteiger partial charge in [0.15, 0.2) is 0 Å². The average molecular weight is 312 g/mol. The molecule has 0 spiro atoms. The van der Waals surface area contributed by atoms with Crippen LogP contribution in [0.3, 0.4) is 0 Å². The van der Waals surface area contributed by atoms with Crippen LogP contribution in [0.5, 0.6) is 0 Å². The van der Waals surface area contributed by atoms with Crippen LogP contribution in [0, 0.1) is 12.7 Å². The molecule has 2 aromatic rings. The minimum absolute atomic E-state index is 0.0484. The van der Waals surface area contributed by atoms with Gasteiger partial charge in [-0.3, -0.25) is 10.1 Å². The van der Waals surface area contributed by atoms with Crippen molar-refractivity contribution in [3.05, 3.63) is 71.0 Å². The number of carbonyl (C=O) groups is 1. The standard InChI is InChI=1S/C19H21FN2O/c1-13-4-2-3-5-15(13)12-21-18(19(23)22-17-10-11-17)14-6-8-16(20)9-7-14/h2-9,17-18,21H,10-12H2,1H3,(H,22,23)/t18-/m1/s1. The number of nitrogens with one attached hydrogen (secondary N) is 2. The van der Waals surface area contributed by atoms with E-state index in [1.54, 1.807) is 12.1 Å². The van der Waals surface area contributed by atoms with Crippen LogP contribution in [0.1, 0.15) is 35.6 Å². The lowest BCUT2D eigenvalue weighted by molar-refractivity contribution is -0.123. The molecular formula is C19H21FN2O. The van der Waals surface area contributed by atoms with E-state index in [1.807, 2.05) is 31.2 Å². The van der Waals surface area contributed by atoms with Crippen LogP contribution in [-0.4, -0.2) is 11.9 Å². The molecule has 1 aliphatic rings. The Hall–Kier alpha value is -2.20. The Morgan fingerprint density at radius 2 is 1.87 bits per heavy atom. The number of benzene rings is 2. The van der Waals surface area contributed by atoms with E-state index >= 15 is 0 Å². The third kappa shape index (κ3) is 4.17. The molecule has 1 amide bonds. The minimum atomic E-state index is -0.476. The van der Waals surface area contributed by atoms with Crippen LogP contribution in [0.15, 0.2) is 48.5 Å². The van der Waals surface area contributed by atoms with Crippen molar-refractivity contribution in [1.29, 1.82) is 0 Å². The molecule has 0 saturated heterocycles. The molecule has 1 fully saturated rings. The molecule has 23 heavy (non-hydrogen) atoms. The molecule has 2 N–H and O–H groups in total. The predicted octanol–water partition coefficient (Wildman–Crippen LogP) is 3.24. The maximum atomic E-state index is 13.2. The van der Waals surface area contributed by atoms with Crippen LogP contribution < -0.4 is 10.6 Å². The van der Waals surface area contributed by atoms with Crippen molar-refractivity contribution in [3.8, 4) is 0 Å². The van der Waals surface area contributed by atoms with Crippen molar-refractivity contribution in [2.45, 2.75) is 38.4 Å². The Labute approximate surface area is 135 Å². The molecule has 2 aromatic carbocycles. The Bertz CT molecular complexity index is 680. The van der Waals surface area contributed by atoms with Gasteiger partial charge in [-0.25, -0.2) is 4.39 Å². The first-order valence-electron chi connectivity index (χ1n) is 7.97. The highest BCUT2D eigenvalue weighted by atomic mass is 19.1. The minimum Gasteiger partial charge on any atom is -0.352 e. The van der Waals surface area contributed by atoms with Crippen LogP contribution in [0.4, 0.5) is 4.39 Å². The van der Waals surface area contributed by atoms with Gasteiger partial charge in [0.05, 0.1) is 0 Å². The summed E-state index contributed by atoms with van der Waals surface area (Å²) in [4.78, 5) is 12.5. The van der Waals surface area contributed by atoms with Gasteiger partial charge < -0.3 is 5.32 Å². The number of carbonyl (C=O) groups excluding carboxylic acids is 1. The van der Waals surface area contributed by atoms with Gasteiger partial charge in [-0.2, -0.15) is 0 Å². The molecule has 0 heterocycles. The third-order valence-corrected chi connectivity index (χ3v) is 4.15. The summed E-state index contributed by atoms with van der Waals surface area (Å²) in [6.07, 6.45) is 2.08. The third-order valence-electron chi connectivity index (χ3n) is 4.15. The second-order valence-corrected chi connectivity index (χ2v) is 6.07. The summed E-state index contributed by atoms with van der Waals surface area (Å²) in [7, 11) is 0. The lowest BCUT2D eigenvalue weighted by Gasteiger charge is -2.19. The first-order valence-corrected chi connectivity index (χ1v) is 7.97. The molecule has 0 aromatic heterocycles. The molecule has 0 aliphatic heterocycles. The maximum absolute atomic E-state index is 13.2. The van der Waals surface area contributed by atoms with E-state index in [0.29, 0.717) is 12.6 Å². The Morgan fingerprint density at radius 1 is 1.17 bits per heavy atom. The van der Waals surface area contributed by atoms with Crippen LogP contribution in [-0.2, 0) is 11.3 Å². The van der Waals surface area contributed by atoms with Gasteiger partial charge in [0, 0.05) is 12.6 Å². The van der Waals surface area contributed by atoms with Gasteiger partial charge in [0.25, 0.3) is 0 Å². The van der Waals surface area contributed by atoms with Gasteiger partial charge in [-0.1, -0.05) is 36.4 Å². The summed E-state index contributed by atoms with van der Waals surface area (Å²) in [5, 5.41) is 6.33. The number of rotatable bonds is 6. The highest BCUT2D eigenvalue weighted by molar-refractivity contribution is 5.83. The summed E-state index contributed by atoms with van der Waals surface area (Å²) >= 11 is 0. The quantitative estimate of drug-likeness (QED) is 0.860. The predicted molar refractivity (Wildman–Crippen MR) is 88.3 cm³/mol. The zero-order chi connectivity index (χ0) is 16.2. The number of hydrogen-bond donors (Lipinski definition) is 2. The average Bonchev–Trinajstić information content (AvgIpc) is 3.35. The maximum Gasteiger partial charge on any atom is 0.241 e. The summed E-state index contributed by atoms with van der Waals surface area (Å²) in [5.41, 5.74) is 3.11. The molecule has 120 valence electrons. The SMILES string of the molecule is Cc1ccccc1CN[C@@H](C(=O)NC1CC1)c1ccc(F)cc1. The van der Waals surface area contributed by atoms with Crippen molar-refractivity contribution in [2.24, 2.45) is 0 Å².